The molecule has 26 heavy (non-hydrogen) atoms. The Morgan fingerprint density at radius 1 is 1.23 bits per heavy atom. The molecule has 0 atom stereocenters. The first kappa shape index (κ1) is 17.6. The van der Waals surface area contributed by atoms with Crippen molar-refractivity contribution in [2.75, 3.05) is 6.61 Å². The zero-order chi connectivity index (χ0) is 18.5. The SMILES string of the molecule is CCOC(=O)c1cccc(-n2c(C)cc(C=Nc3cccnc3)c2C)c1. The van der Waals surface area contributed by atoms with Crippen LogP contribution in [-0.4, -0.2) is 28.3 Å². The molecule has 0 radical (unpaired) electrons. The van der Waals surface area contributed by atoms with E-state index in [9.17, 15) is 4.79 Å². The Labute approximate surface area is 153 Å². The van der Waals surface area contributed by atoms with Crippen LogP contribution in [0.2, 0.25) is 0 Å². The van der Waals surface area contributed by atoms with Crippen molar-refractivity contribution in [1.29, 1.82) is 0 Å². The van der Waals surface area contributed by atoms with Gasteiger partial charge in [-0.05, 0) is 57.2 Å². The van der Waals surface area contributed by atoms with E-state index in [1.807, 2.05) is 50.4 Å². The fraction of sp³-hybridized carbons (Fsp3) is 0.190. The first-order valence-electron chi connectivity index (χ1n) is 8.50. The number of nitrogens with zero attached hydrogens (tertiary/aromatic N) is 3. The quantitative estimate of drug-likeness (QED) is 0.507. The molecule has 0 unspecified atom stereocenters. The fourth-order valence-electron chi connectivity index (χ4n) is 2.88. The second-order valence-corrected chi connectivity index (χ2v) is 5.90. The zero-order valence-electron chi connectivity index (χ0n) is 15.1. The highest BCUT2D eigenvalue weighted by Crippen LogP contribution is 2.21. The molecule has 3 rings (SSSR count). The Bertz CT molecular complexity index is 943. The normalized spacial score (nSPS) is 11.0. The summed E-state index contributed by atoms with van der Waals surface area (Å²) in [5, 5.41) is 0. The standard InChI is InChI=1S/C21H21N3O2/c1-4-26-21(25)17-7-5-9-20(12-17)24-15(2)11-18(16(24)3)13-23-19-8-6-10-22-14-19/h5-14H,4H2,1-3H3. The summed E-state index contributed by atoms with van der Waals surface area (Å²) in [6.07, 6.45) is 5.28. The largest absolute Gasteiger partial charge is 0.462 e. The Morgan fingerprint density at radius 2 is 2.08 bits per heavy atom. The van der Waals surface area contributed by atoms with Crippen molar-refractivity contribution in [3.8, 4) is 5.69 Å². The predicted octanol–water partition coefficient (Wildman–Crippen LogP) is 4.42. The van der Waals surface area contributed by atoms with Crippen LogP contribution in [0.5, 0.6) is 0 Å². The van der Waals surface area contributed by atoms with Gasteiger partial charge in [-0.25, -0.2) is 4.79 Å². The van der Waals surface area contributed by atoms with E-state index in [0.717, 1.165) is 28.3 Å². The molecule has 0 fully saturated rings. The van der Waals surface area contributed by atoms with Crippen molar-refractivity contribution in [3.05, 3.63) is 77.4 Å². The van der Waals surface area contributed by atoms with Crippen LogP contribution in [0, 0.1) is 13.8 Å². The fourth-order valence-corrected chi connectivity index (χ4v) is 2.88. The van der Waals surface area contributed by atoms with Gasteiger partial charge in [0.15, 0.2) is 0 Å². The van der Waals surface area contributed by atoms with Crippen molar-refractivity contribution in [2.45, 2.75) is 20.8 Å². The molecule has 0 saturated carbocycles. The van der Waals surface area contributed by atoms with Crippen molar-refractivity contribution < 1.29 is 9.53 Å². The Morgan fingerprint density at radius 3 is 2.81 bits per heavy atom. The highest BCUT2D eigenvalue weighted by atomic mass is 16.5. The molecule has 2 aromatic heterocycles. The van der Waals surface area contributed by atoms with E-state index in [-0.39, 0.29) is 5.97 Å². The number of carbonyl (C=O) groups is 1. The molecule has 0 spiro atoms. The summed E-state index contributed by atoms with van der Waals surface area (Å²) >= 11 is 0. The van der Waals surface area contributed by atoms with Crippen molar-refractivity contribution >= 4 is 17.9 Å². The lowest BCUT2D eigenvalue weighted by Gasteiger charge is -2.11. The topological polar surface area (TPSA) is 56.5 Å². The van der Waals surface area contributed by atoms with E-state index in [2.05, 4.69) is 20.6 Å². The van der Waals surface area contributed by atoms with E-state index in [0.29, 0.717) is 12.2 Å². The molecular formula is C21H21N3O2. The third-order valence-corrected chi connectivity index (χ3v) is 4.08. The summed E-state index contributed by atoms with van der Waals surface area (Å²) in [4.78, 5) is 20.6. The Balaban J connectivity index is 1.95. The van der Waals surface area contributed by atoms with Crippen LogP contribution in [0.25, 0.3) is 5.69 Å². The highest BCUT2D eigenvalue weighted by Gasteiger charge is 2.12. The first-order chi connectivity index (χ1) is 12.6. The van der Waals surface area contributed by atoms with Crippen LogP contribution in [-0.2, 0) is 4.74 Å². The summed E-state index contributed by atoms with van der Waals surface area (Å²) in [5.41, 5.74) is 5.41. The zero-order valence-corrected chi connectivity index (χ0v) is 15.1. The second kappa shape index (κ2) is 7.78. The molecular weight excluding hydrogens is 326 g/mol. The maximum atomic E-state index is 12.0. The molecule has 132 valence electrons. The smallest absolute Gasteiger partial charge is 0.338 e. The second-order valence-electron chi connectivity index (χ2n) is 5.90. The molecule has 0 saturated heterocycles. The molecule has 3 aromatic rings. The van der Waals surface area contributed by atoms with Crippen LogP contribution in [0.1, 0.15) is 34.2 Å². The van der Waals surface area contributed by atoms with E-state index < -0.39 is 0 Å². The maximum Gasteiger partial charge on any atom is 0.338 e. The molecule has 0 aliphatic rings. The highest BCUT2D eigenvalue weighted by molar-refractivity contribution is 5.90. The number of benzene rings is 1. The van der Waals surface area contributed by atoms with Gasteiger partial charge in [-0.15, -0.1) is 0 Å². The van der Waals surface area contributed by atoms with Gasteiger partial charge in [-0.2, -0.15) is 0 Å². The van der Waals surface area contributed by atoms with Crippen LogP contribution < -0.4 is 0 Å². The van der Waals surface area contributed by atoms with Crippen molar-refractivity contribution in [1.82, 2.24) is 9.55 Å². The maximum absolute atomic E-state index is 12.0. The van der Waals surface area contributed by atoms with E-state index in [1.165, 1.54) is 0 Å². The number of rotatable bonds is 5. The third-order valence-electron chi connectivity index (χ3n) is 4.08. The molecule has 5 heteroatoms. The third kappa shape index (κ3) is 3.72. The number of carbonyl (C=O) groups excluding carboxylic acids is 1. The first-order valence-corrected chi connectivity index (χ1v) is 8.50. The Kier molecular flexibility index (Phi) is 5.27. The lowest BCUT2D eigenvalue weighted by molar-refractivity contribution is 0.0526. The van der Waals surface area contributed by atoms with Crippen LogP contribution in [0.3, 0.4) is 0 Å². The minimum Gasteiger partial charge on any atom is -0.462 e. The number of aliphatic imine (C=N–C) groups is 1. The number of esters is 1. The molecule has 2 heterocycles. The monoisotopic (exact) mass is 347 g/mol. The summed E-state index contributed by atoms with van der Waals surface area (Å²) in [6.45, 7) is 6.23. The predicted molar refractivity (Wildman–Crippen MR) is 103 cm³/mol. The van der Waals surface area contributed by atoms with Gasteiger partial charge in [0.05, 0.1) is 24.1 Å². The lowest BCUT2D eigenvalue weighted by Crippen LogP contribution is -2.06. The summed E-state index contributed by atoms with van der Waals surface area (Å²) in [6, 6.07) is 13.3. The van der Waals surface area contributed by atoms with Gasteiger partial charge >= 0.3 is 5.97 Å². The number of aromatic nitrogens is 2. The van der Waals surface area contributed by atoms with Crippen LogP contribution in [0.15, 0.2) is 59.9 Å². The van der Waals surface area contributed by atoms with Crippen LogP contribution in [0.4, 0.5) is 5.69 Å². The minimum absolute atomic E-state index is 0.310. The van der Waals surface area contributed by atoms with Gasteiger partial charge in [0.1, 0.15) is 0 Å². The molecule has 0 amide bonds. The molecule has 0 N–H and O–H groups in total. The summed E-state index contributed by atoms with van der Waals surface area (Å²) in [7, 11) is 0. The van der Waals surface area contributed by atoms with E-state index in [1.54, 1.807) is 25.4 Å². The van der Waals surface area contributed by atoms with Gasteiger partial charge in [0.2, 0.25) is 0 Å². The van der Waals surface area contributed by atoms with Gasteiger partial charge in [0, 0.05) is 35.1 Å². The lowest BCUT2D eigenvalue weighted by atomic mass is 10.2. The van der Waals surface area contributed by atoms with Gasteiger partial charge in [-0.1, -0.05) is 6.07 Å². The van der Waals surface area contributed by atoms with Crippen LogP contribution >= 0.6 is 0 Å². The Hall–Kier alpha value is -3.21. The van der Waals surface area contributed by atoms with Gasteiger partial charge < -0.3 is 9.30 Å². The average Bonchev–Trinajstić information content (AvgIpc) is 2.94. The molecule has 1 aromatic carbocycles. The number of pyridine rings is 1. The number of hydrogen-bond acceptors (Lipinski definition) is 4. The van der Waals surface area contributed by atoms with Gasteiger partial charge in [-0.3, -0.25) is 9.98 Å². The molecule has 0 bridgehead atoms. The summed E-state index contributed by atoms with van der Waals surface area (Å²) < 4.78 is 7.20. The molecule has 0 aliphatic carbocycles. The van der Waals surface area contributed by atoms with E-state index >= 15 is 0 Å². The van der Waals surface area contributed by atoms with Crippen molar-refractivity contribution in [2.24, 2.45) is 4.99 Å². The summed E-state index contributed by atoms with van der Waals surface area (Å²) in [5.74, 6) is -0.310. The van der Waals surface area contributed by atoms with E-state index in [4.69, 9.17) is 4.74 Å². The van der Waals surface area contributed by atoms with Crippen molar-refractivity contribution in [3.63, 3.8) is 0 Å². The number of ether oxygens (including phenoxy) is 1. The number of hydrogen-bond donors (Lipinski definition) is 0. The van der Waals surface area contributed by atoms with Gasteiger partial charge in [0.25, 0.3) is 0 Å². The molecule has 5 nitrogen and oxygen atoms in total. The number of aryl methyl sites for hydroxylation is 1. The molecule has 0 aliphatic heterocycles. The average molecular weight is 347 g/mol. The minimum atomic E-state index is -0.310.